The van der Waals surface area contributed by atoms with Gasteiger partial charge in [0.2, 0.25) is 0 Å². The number of halogens is 3. The highest BCUT2D eigenvalue weighted by Crippen LogP contribution is 2.33. The molecule has 1 aliphatic rings. The molecule has 0 saturated carbocycles. The van der Waals surface area contributed by atoms with Crippen LogP contribution in [0.1, 0.15) is 52.4 Å². The summed E-state index contributed by atoms with van der Waals surface area (Å²) in [6.07, 6.45) is 2.12. The smallest absolute Gasteiger partial charge is 0.344 e. The minimum absolute atomic E-state index is 0.0158. The topological polar surface area (TPSA) is 59.0 Å². The van der Waals surface area contributed by atoms with E-state index in [2.05, 4.69) is 15.7 Å². The largest absolute Gasteiger partial charge is 0.416 e. The molecule has 174 valence electrons. The molecule has 1 amide bonds. The second-order valence-electron chi connectivity index (χ2n) is 8.51. The van der Waals surface area contributed by atoms with Crippen LogP contribution in [0.3, 0.4) is 0 Å². The Bertz CT molecular complexity index is 1130. The van der Waals surface area contributed by atoms with Crippen molar-refractivity contribution < 1.29 is 18.0 Å². The van der Waals surface area contributed by atoms with Gasteiger partial charge in [0.25, 0.3) is 5.91 Å². The molecular weight excluding hydrogens is 429 g/mol. The molecule has 3 aromatic rings. The molecule has 0 unspecified atom stereocenters. The highest BCUT2D eigenvalue weighted by Gasteiger charge is 2.34. The lowest BCUT2D eigenvalue weighted by molar-refractivity contribution is -0.138. The van der Waals surface area contributed by atoms with Crippen LogP contribution in [-0.2, 0) is 13.2 Å². The average Bonchev–Trinajstić information content (AvgIpc) is 3.23. The van der Waals surface area contributed by atoms with Crippen molar-refractivity contribution in [3.63, 3.8) is 0 Å². The van der Waals surface area contributed by atoms with Crippen molar-refractivity contribution in [3.8, 4) is 11.1 Å². The van der Waals surface area contributed by atoms with Gasteiger partial charge in [-0.1, -0.05) is 30.7 Å². The summed E-state index contributed by atoms with van der Waals surface area (Å²) in [4.78, 5) is 13.2. The first-order chi connectivity index (χ1) is 15.7. The number of hydrogen-bond donors (Lipinski definition) is 2. The van der Waals surface area contributed by atoms with E-state index in [1.54, 1.807) is 10.9 Å². The Balaban J connectivity index is 1.67. The van der Waals surface area contributed by atoms with Gasteiger partial charge in [-0.15, -0.1) is 0 Å². The molecule has 1 saturated heterocycles. The van der Waals surface area contributed by atoms with Crippen molar-refractivity contribution in [2.45, 2.75) is 44.4 Å². The molecule has 5 nitrogen and oxygen atoms in total. The second kappa shape index (κ2) is 9.39. The Morgan fingerprint density at radius 1 is 1.18 bits per heavy atom. The number of aryl methyl sites for hydroxylation is 1. The Labute approximate surface area is 191 Å². The first-order valence-electron chi connectivity index (χ1n) is 11.0. The number of nitrogens with one attached hydrogen (secondary N) is 2. The van der Waals surface area contributed by atoms with Crippen molar-refractivity contribution in [2.75, 3.05) is 6.54 Å². The molecule has 0 bridgehead atoms. The molecule has 8 heteroatoms. The predicted molar refractivity (Wildman–Crippen MR) is 121 cm³/mol. The molecule has 2 atom stereocenters. The molecule has 2 N–H and O–H groups in total. The molecule has 33 heavy (non-hydrogen) atoms. The molecule has 0 radical (unpaired) electrons. The van der Waals surface area contributed by atoms with Crippen LogP contribution in [0.25, 0.3) is 11.1 Å². The normalized spacial score (nSPS) is 17.5. The van der Waals surface area contributed by atoms with Gasteiger partial charge >= 0.3 is 6.18 Å². The summed E-state index contributed by atoms with van der Waals surface area (Å²) in [5.41, 5.74) is 1.99. The van der Waals surface area contributed by atoms with Gasteiger partial charge in [-0.05, 0) is 61.2 Å². The van der Waals surface area contributed by atoms with Crippen molar-refractivity contribution in [1.29, 1.82) is 0 Å². The van der Waals surface area contributed by atoms with E-state index in [0.29, 0.717) is 0 Å². The van der Waals surface area contributed by atoms with Gasteiger partial charge in [0, 0.05) is 30.4 Å². The third-order valence-corrected chi connectivity index (χ3v) is 6.21. The molecule has 1 aliphatic heterocycles. The predicted octanol–water partition coefficient (Wildman–Crippen LogP) is 5.03. The fourth-order valence-electron chi connectivity index (χ4n) is 4.47. The quantitative estimate of drug-likeness (QED) is 0.566. The highest BCUT2D eigenvalue weighted by atomic mass is 19.4. The van der Waals surface area contributed by atoms with E-state index in [4.69, 9.17) is 0 Å². The molecule has 1 aromatic heterocycles. The average molecular weight is 457 g/mol. The van der Waals surface area contributed by atoms with Crippen LogP contribution in [0.5, 0.6) is 0 Å². The lowest BCUT2D eigenvalue weighted by Crippen LogP contribution is -2.46. The maximum atomic E-state index is 13.4. The molecular formula is C25H27F3N4O. The number of carbonyl (C=O) groups is 1. The minimum Gasteiger partial charge on any atom is -0.344 e. The lowest BCUT2D eigenvalue weighted by atomic mass is 9.90. The van der Waals surface area contributed by atoms with E-state index in [1.165, 1.54) is 19.1 Å². The zero-order valence-electron chi connectivity index (χ0n) is 18.6. The molecule has 1 fully saturated rings. The molecule has 2 heterocycles. The fourth-order valence-corrected chi connectivity index (χ4v) is 4.47. The molecule has 0 aliphatic carbocycles. The summed E-state index contributed by atoms with van der Waals surface area (Å²) >= 11 is 0. The zero-order chi connectivity index (χ0) is 23.6. The number of alkyl halides is 3. The van der Waals surface area contributed by atoms with Gasteiger partial charge in [0.1, 0.15) is 0 Å². The van der Waals surface area contributed by atoms with Gasteiger partial charge in [-0.25, -0.2) is 0 Å². The van der Waals surface area contributed by atoms with Crippen LogP contribution < -0.4 is 10.6 Å². The number of piperidine rings is 1. The van der Waals surface area contributed by atoms with Crippen LogP contribution in [0.15, 0.2) is 54.9 Å². The zero-order valence-corrected chi connectivity index (χ0v) is 18.6. The van der Waals surface area contributed by atoms with Crippen LogP contribution in [0.2, 0.25) is 0 Å². The number of benzene rings is 2. The summed E-state index contributed by atoms with van der Waals surface area (Å²) in [6, 6.07) is 11.2. The number of nitrogens with zero attached hydrogens (tertiary/aromatic N) is 2. The van der Waals surface area contributed by atoms with E-state index >= 15 is 0 Å². The SMILES string of the molecule is Cc1c(C(=O)N[C@@H](c2cccc(-c3cnn(C)c3)c2)[C@@H]2CCCCN2)cccc1C(F)(F)F. The standard InChI is InChI=1S/C25H27F3N4O/c1-16-20(9-6-10-21(16)25(26,27)28)24(33)31-23(22-11-3-4-12-29-22)18-8-5-7-17(13-18)19-14-30-32(2)15-19/h5-10,13-15,22-23,29H,3-4,11-12H2,1-2H3,(H,31,33)/t22-,23-/m0/s1. The lowest BCUT2D eigenvalue weighted by Gasteiger charge is -2.33. The van der Waals surface area contributed by atoms with Gasteiger partial charge in [0.05, 0.1) is 17.8 Å². The Hall–Kier alpha value is -3.13. The van der Waals surface area contributed by atoms with E-state index in [1.807, 2.05) is 37.5 Å². The number of rotatable bonds is 5. The monoisotopic (exact) mass is 456 g/mol. The van der Waals surface area contributed by atoms with Crippen LogP contribution in [0.4, 0.5) is 13.2 Å². The van der Waals surface area contributed by atoms with E-state index in [-0.39, 0.29) is 23.2 Å². The van der Waals surface area contributed by atoms with Crippen molar-refractivity contribution in [2.24, 2.45) is 7.05 Å². The van der Waals surface area contributed by atoms with Crippen LogP contribution in [0, 0.1) is 6.92 Å². The summed E-state index contributed by atoms with van der Waals surface area (Å²) in [5, 5.41) is 10.7. The summed E-state index contributed by atoms with van der Waals surface area (Å²) in [6.45, 7) is 2.18. The van der Waals surface area contributed by atoms with Crippen molar-refractivity contribution in [1.82, 2.24) is 20.4 Å². The molecule has 2 aromatic carbocycles. The molecule has 0 spiro atoms. The minimum atomic E-state index is -4.51. The number of aromatic nitrogens is 2. The third-order valence-electron chi connectivity index (χ3n) is 6.21. The number of carbonyl (C=O) groups excluding carboxylic acids is 1. The second-order valence-corrected chi connectivity index (χ2v) is 8.51. The Kier molecular flexibility index (Phi) is 6.56. The summed E-state index contributed by atoms with van der Waals surface area (Å²) in [5.74, 6) is -0.511. The summed E-state index contributed by atoms with van der Waals surface area (Å²) < 4.78 is 41.8. The van der Waals surface area contributed by atoms with Gasteiger partial charge < -0.3 is 10.6 Å². The van der Waals surface area contributed by atoms with Gasteiger partial charge in [0.15, 0.2) is 0 Å². The van der Waals surface area contributed by atoms with Crippen LogP contribution >= 0.6 is 0 Å². The van der Waals surface area contributed by atoms with E-state index in [0.717, 1.165) is 48.6 Å². The van der Waals surface area contributed by atoms with E-state index in [9.17, 15) is 18.0 Å². The Morgan fingerprint density at radius 3 is 2.64 bits per heavy atom. The van der Waals surface area contributed by atoms with Gasteiger partial charge in [-0.2, -0.15) is 18.3 Å². The summed E-state index contributed by atoms with van der Waals surface area (Å²) in [7, 11) is 1.85. The number of amides is 1. The maximum absolute atomic E-state index is 13.4. The van der Waals surface area contributed by atoms with Crippen LogP contribution in [-0.4, -0.2) is 28.3 Å². The Morgan fingerprint density at radius 2 is 1.97 bits per heavy atom. The highest BCUT2D eigenvalue weighted by molar-refractivity contribution is 5.96. The third kappa shape index (κ3) is 5.11. The van der Waals surface area contributed by atoms with E-state index < -0.39 is 17.6 Å². The maximum Gasteiger partial charge on any atom is 0.416 e. The fraction of sp³-hybridized carbons (Fsp3) is 0.360. The molecule has 4 rings (SSSR count). The van der Waals surface area contributed by atoms with Gasteiger partial charge in [-0.3, -0.25) is 9.48 Å². The first-order valence-corrected chi connectivity index (χ1v) is 11.0. The number of hydrogen-bond acceptors (Lipinski definition) is 3. The van der Waals surface area contributed by atoms with Crippen molar-refractivity contribution >= 4 is 5.91 Å². The first kappa shape index (κ1) is 23.0. The van der Waals surface area contributed by atoms with Crippen molar-refractivity contribution in [3.05, 3.63) is 77.1 Å².